The average Bonchev–Trinajstić information content (AvgIpc) is 0.722. The summed E-state index contributed by atoms with van der Waals surface area (Å²) >= 11 is 0. The van der Waals surface area contributed by atoms with Crippen LogP contribution in [0, 0.1) is 0 Å². The van der Waals surface area contributed by atoms with E-state index in [4.69, 9.17) is 13.0 Å². The van der Waals surface area contributed by atoms with Gasteiger partial charge >= 0.3 is 9.33 Å². The van der Waals surface area contributed by atoms with Gasteiger partial charge in [0.1, 0.15) is 10.7 Å². The van der Waals surface area contributed by atoms with E-state index in [2.05, 4.69) is 10.7 Å². The monoisotopic (exact) mass is 117 g/mol. The number of hydrogen-bond donors (Lipinski definition) is 0. The minimum atomic E-state index is -3.94. The Morgan fingerprint density at radius 1 is 1.60 bits per heavy atom. The molecular weight excluding hydrogens is 116 g/mol. The fraction of sp³-hybridized carbons (Fsp3) is 0. The lowest BCUT2D eigenvalue weighted by Gasteiger charge is -1.59. The summed E-state index contributed by atoms with van der Waals surface area (Å²) in [5.41, 5.74) is 0. The maximum absolute atomic E-state index is 9.06. The van der Waals surface area contributed by atoms with Crippen LogP contribution in [-0.2, 0) is 9.33 Å². The fourth-order valence-corrected chi connectivity index (χ4v) is 0. The molecule has 32 valence electrons. The predicted molar refractivity (Wildman–Crippen MR) is 18.4 cm³/mol. The second-order valence-corrected chi connectivity index (χ2v) is 2.53. The summed E-state index contributed by atoms with van der Waals surface area (Å²) in [4.78, 5) is 0. The van der Waals surface area contributed by atoms with Gasteiger partial charge in [0.25, 0.3) is 0 Å². The number of halogens is 1. The lowest BCUT2D eigenvalue weighted by Crippen LogP contribution is -1.77. The summed E-state index contributed by atoms with van der Waals surface area (Å²) in [5.74, 6) is 0. The summed E-state index contributed by atoms with van der Waals surface area (Å²) in [6.45, 7) is 0. The largest absolute Gasteiger partial charge is 0.474 e. The van der Waals surface area contributed by atoms with Crippen molar-refractivity contribution in [3.05, 3.63) is 0 Å². The maximum Gasteiger partial charge on any atom is 0.474 e. The summed E-state index contributed by atoms with van der Waals surface area (Å²) < 4.78 is 23.8. The van der Waals surface area contributed by atoms with Crippen molar-refractivity contribution < 1.29 is 13.0 Å². The third-order valence-corrected chi connectivity index (χ3v) is 0. The summed E-state index contributed by atoms with van der Waals surface area (Å²) in [6.07, 6.45) is 0. The molecule has 0 aromatic rings. The lowest BCUT2D eigenvalue weighted by atomic mass is 15.9. The molecule has 0 saturated heterocycles. The van der Waals surface area contributed by atoms with Crippen LogP contribution in [0.5, 0.6) is 0 Å². The van der Waals surface area contributed by atoms with Gasteiger partial charge in [-0.05, 0) is 0 Å². The Balaban J connectivity index is 4.06. The Hall–Kier alpha value is 0.200. The van der Waals surface area contributed by atoms with Gasteiger partial charge in [0.2, 0.25) is 0 Å². The van der Waals surface area contributed by atoms with Crippen molar-refractivity contribution in [2.45, 2.75) is 0 Å². The van der Waals surface area contributed by atoms with E-state index in [1.54, 1.807) is 0 Å². The van der Waals surface area contributed by atoms with Crippen LogP contribution in [0.3, 0.4) is 0 Å². The molecule has 0 aliphatic rings. The molecule has 0 heterocycles. The van der Waals surface area contributed by atoms with E-state index in [1.165, 1.54) is 0 Å². The van der Waals surface area contributed by atoms with Gasteiger partial charge in [0.15, 0.2) is 0 Å². The molecule has 2 N–H and O–H groups in total. The maximum atomic E-state index is 9.06. The molecule has 0 unspecified atom stereocenters. The molecule has 0 aliphatic carbocycles. The van der Waals surface area contributed by atoms with Crippen LogP contribution in [0.15, 0.2) is 0 Å². The molecule has 5 heavy (non-hydrogen) atoms. The van der Waals surface area contributed by atoms with Crippen molar-refractivity contribution in [1.82, 2.24) is 0 Å². The van der Waals surface area contributed by atoms with Gasteiger partial charge in [-0.25, -0.2) is 0 Å². The third kappa shape index (κ3) is 508. The second kappa shape index (κ2) is 1.12. The van der Waals surface area contributed by atoms with Crippen LogP contribution in [0.1, 0.15) is 0 Å². The molecule has 0 spiro atoms. The highest BCUT2D eigenvalue weighted by molar-refractivity contribution is 8.09. The quantitative estimate of drug-likeness (QED) is 0.308. The second-order valence-electron chi connectivity index (χ2n) is 0.438. The molecule has 0 aromatic heterocycles. The summed E-state index contributed by atoms with van der Waals surface area (Å²) in [5, 5.41) is 0. The Morgan fingerprint density at radius 3 is 1.60 bits per heavy atom. The van der Waals surface area contributed by atoms with E-state index in [0.717, 1.165) is 0 Å². The lowest BCUT2D eigenvalue weighted by molar-refractivity contribution is 0.501. The van der Waals surface area contributed by atoms with Crippen molar-refractivity contribution >= 4 is 20.0 Å². The molecule has 0 radical (unpaired) electrons. The van der Waals surface area contributed by atoms with Crippen LogP contribution >= 0.6 is 10.7 Å². The van der Waals surface area contributed by atoms with Crippen LogP contribution in [0.2, 0.25) is 0 Å². The summed E-state index contributed by atoms with van der Waals surface area (Å²) in [6, 6.07) is 0. The molecule has 0 saturated carbocycles. The highest BCUT2D eigenvalue weighted by atomic mass is 35.7. The molecule has 0 amide bonds. The standard InChI is InChI=1S/ClHO3S/c1-5(2,3)4/h(H,2,3,4)/p+1. The van der Waals surface area contributed by atoms with E-state index >= 15 is 0 Å². The number of rotatable bonds is 0. The molecular formula is H2ClO3S+. The molecule has 0 aliphatic heterocycles. The normalized spacial score (nSPS) is 11.6. The molecule has 0 rings (SSSR count). The third-order valence-electron chi connectivity index (χ3n) is 0. The van der Waals surface area contributed by atoms with Crippen molar-refractivity contribution in [3.63, 3.8) is 0 Å². The average molecular weight is 118 g/mol. The zero-order valence-electron chi connectivity index (χ0n) is 2.10. The molecule has 3 nitrogen and oxygen atoms in total. The van der Waals surface area contributed by atoms with Crippen LogP contribution in [0.4, 0.5) is 0 Å². The van der Waals surface area contributed by atoms with Crippen LogP contribution < -0.4 is 0 Å². The smallest absolute Gasteiger partial charge is 0.319 e. The fourth-order valence-electron chi connectivity index (χ4n) is 0. The highest BCUT2D eigenvalue weighted by Gasteiger charge is 1.94. The zero-order valence-corrected chi connectivity index (χ0v) is 3.68. The number of hydrogen-bond acceptors (Lipinski definition) is 2. The van der Waals surface area contributed by atoms with Crippen molar-refractivity contribution in [1.29, 1.82) is 0 Å². The van der Waals surface area contributed by atoms with Crippen molar-refractivity contribution in [2.24, 2.45) is 0 Å². The van der Waals surface area contributed by atoms with Crippen molar-refractivity contribution in [2.75, 3.05) is 0 Å². The Kier molecular flexibility index (Phi) is 1.16. The van der Waals surface area contributed by atoms with E-state index in [1.807, 2.05) is 0 Å². The summed E-state index contributed by atoms with van der Waals surface area (Å²) in [7, 11) is 0.225. The van der Waals surface area contributed by atoms with E-state index in [0.29, 0.717) is 0 Å². The Morgan fingerprint density at radius 2 is 1.60 bits per heavy atom. The van der Waals surface area contributed by atoms with Crippen molar-refractivity contribution in [3.8, 4) is 0 Å². The van der Waals surface area contributed by atoms with Gasteiger partial charge in [0, 0.05) is 0 Å². The van der Waals surface area contributed by atoms with Crippen LogP contribution in [-0.4, -0.2) is 13.0 Å². The zero-order chi connectivity index (χ0) is 4.50. The van der Waals surface area contributed by atoms with Gasteiger partial charge < -0.3 is 4.55 Å². The van der Waals surface area contributed by atoms with E-state index in [9.17, 15) is 0 Å². The van der Waals surface area contributed by atoms with Gasteiger partial charge in [0.05, 0.1) is 0 Å². The predicted octanol–water partition coefficient (Wildman–Crippen LogP) is -0.805. The molecule has 0 bridgehead atoms. The molecule has 0 aromatic carbocycles. The Labute approximate surface area is 33.8 Å². The first-order chi connectivity index (χ1) is 2.00. The van der Waals surface area contributed by atoms with Crippen LogP contribution in [0.25, 0.3) is 0 Å². The first-order valence-electron chi connectivity index (χ1n) is 0.692. The molecule has 0 atom stereocenters. The van der Waals surface area contributed by atoms with Gasteiger partial charge in [-0.2, -0.15) is 0 Å². The van der Waals surface area contributed by atoms with Gasteiger partial charge in [-0.1, -0.05) is 0 Å². The first-order valence-corrected chi connectivity index (χ1v) is 3.00. The highest BCUT2D eigenvalue weighted by Crippen LogP contribution is 1.82. The first kappa shape index (κ1) is 5.20. The SMILES string of the molecule is O=S(=O)([OH2+])Cl. The topological polar surface area (TPSA) is 57.0 Å². The minimum absolute atomic E-state index is 3.94. The molecule has 5 heteroatoms. The van der Waals surface area contributed by atoms with E-state index in [-0.39, 0.29) is 0 Å². The van der Waals surface area contributed by atoms with E-state index < -0.39 is 9.33 Å². The molecule has 0 fully saturated rings. The van der Waals surface area contributed by atoms with Gasteiger partial charge in [-0.15, -0.1) is 8.42 Å². The van der Waals surface area contributed by atoms with Gasteiger partial charge in [-0.3, -0.25) is 0 Å². The minimum Gasteiger partial charge on any atom is -0.319 e. The Bertz CT molecular complexity index is 90.1.